The average molecular weight is 493 g/mol. The maximum absolute atomic E-state index is 13.5. The van der Waals surface area contributed by atoms with Crippen molar-refractivity contribution >= 4 is 21.9 Å². The van der Waals surface area contributed by atoms with E-state index in [0.717, 1.165) is 16.3 Å². The van der Waals surface area contributed by atoms with Gasteiger partial charge in [-0.3, -0.25) is 4.79 Å². The highest BCUT2D eigenvalue weighted by Gasteiger charge is 2.35. The zero-order valence-corrected chi connectivity index (χ0v) is 20.7. The van der Waals surface area contributed by atoms with E-state index in [2.05, 4.69) is 5.32 Å². The van der Waals surface area contributed by atoms with Gasteiger partial charge in [0.25, 0.3) is 0 Å². The van der Waals surface area contributed by atoms with Crippen molar-refractivity contribution in [3.63, 3.8) is 0 Å². The van der Waals surface area contributed by atoms with E-state index in [4.69, 9.17) is 9.47 Å². The van der Waals surface area contributed by atoms with E-state index in [1.54, 1.807) is 24.3 Å². The van der Waals surface area contributed by atoms with Crippen LogP contribution < -0.4 is 14.8 Å². The molecule has 0 unspecified atom stereocenters. The number of likely N-dealkylation sites (N-methyl/N-ethyl adjacent to an activating group) is 1. The van der Waals surface area contributed by atoms with Crippen LogP contribution in [0.2, 0.25) is 0 Å². The Bertz CT molecular complexity index is 1070. The molecule has 0 bridgehead atoms. The second-order valence-corrected chi connectivity index (χ2v) is 9.78. The first-order chi connectivity index (χ1) is 16.1. The monoisotopic (exact) mass is 492 g/mol. The van der Waals surface area contributed by atoms with Crippen molar-refractivity contribution in [3.8, 4) is 11.5 Å². The Kier molecular flexibility index (Phi) is 9.88. The molecule has 0 saturated heterocycles. The molecule has 0 radical (unpaired) electrons. The van der Waals surface area contributed by atoms with E-state index in [-0.39, 0.29) is 23.5 Å². The number of sulfonamides is 1. The van der Waals surface area contributed by atoms with Crippen LogP contribution >= 0.6 is 0 Å². The Hall–Kier alpha value is -3.11. The quantitative estimate of drug-likeness (QED) is 0.441. The number of rotatable bonds is 13. The first-order valence-electron chi connectivity index (χ1n) is 10.9. The van der Waals surface area contributed by atoms with Crippen molar-refractivity contribution in [2.75, 3.05) is 21.3 Å². The second kappa shape index (κ2) is 12.4. The van der Waals surface area contributed by atoms with Crippen molar-refractivity contribution in [2.45, 2.75) is 49.6 Å². The van der Waals surface area contributed by atoms with Crippen LogP contribution in [0.5, 0.6) is 11.5 Å². The van der Waals surface area contributed by atoms with Gasteiger partial charge in [0.15, 0.2) is 11.5 Å². The van der Waals surface area contributed by atoms with E-state index in [0.29, 0.717) is 12.2 Å². The lowest BCUT2D eigenvalue weighted by Gasteiger charge is -2.28. The van der Waals surface area contributed by atoms with Gasteiger partial charge in [-0.15, -0.1) is 0 Å². The fourth-order valence-corrected chi connectivity index (χ4v) is 4.80. The van der Waals surface area contributed by atoms with Crippen LogP contribution in [-0.2, 0) is 26.0 Å². The van der Waals surface area contributed by atoms with Gasteiger partial charge in [0.2, 0.25) is 15.9 Å². The first kappa shape index (κ1) is 27.1. The molecule has 2 atom stereocenters. The smallest absolute Gasteiger partial charge is 0.326 e. The molecule has 2 aromatic rings. The van der Waals surface area contributed by atoms with Gasteiger partial charge >= 0.3 is 5.97 Å². The summed E-state index contributed by atoms with van der Waals surface area (Å²) in [4.78, 5) is 24.8. The third kappa shape index (κ3) is 6.71. The molecule has 0 aliphatic rings. The zero-order chi connectivity index (χ0) is 25.3. The van der Waals surface area contributed by atoms with Crippen LogP contribution in [0.25, 0.3) is 0 Å². The van der Waals surface area contributed by atoms with Gasteiger partial charge in [-0.2, -0.15) is 4.31 Å². The predicted molar refractivity (Wildman–Crippen MR) is 128 cm³/mol. The Morgan fingerprint density at radius 1 is 1.06 bits per heavy atom. The maximum atomic E-state index is 13.5. The van der Waals surface area contributed by atoms with E-state index in [1.807, 2.05) is 13.0 Å². The summed E-state index contributed by atoms with van der Waals surface area (Å²) in [7, 11) is -0.00270. The summed E-state index contributed by atoms with van der Waals surface area (Å²) in [6.07, 6.45) is 1.69. The molecule has 0 saturated carbocycles. The summed E-state index contributed by atoms with van der Waals surface area (Å²) >= 11 is 0. The summed E-state index contributed by atoms with van der Waals surface area (Å²) in [5.74, 6) is -1.25. The minimum atomic E-state index is -4.14. The van der Waals surface area contributed by atoms with Gasteiger partial charge in [0.1, 0.15) is 12.1 Å². The van der Waals surface area contributed by atoms with Crippen LogP contribution in [0, 0.1) is 0 Å². The van der Waals surface area contributed by atoms with Crippen molar-refractivity contribution in [2.24, 2.45) is 0 Å². The molecule has 1 amide bonds. The van der Waals surface area contributed by atoms with Gasteiger partial charge in [0.05, 0.1) is 19.1 Å². The molecular formula is C24H32N2O7S. The lowest BCUT2D eigenvalue weighted by Crippen LogP contribution is -2.52. The summed E-state index contributed by atoms with van der Waals surface area (Å²) < 4.78 is 38.3. The number of nitrogens with one attached hydrogen (secondary N) is 1. The molecule has 10 heteroatoms. The second-order valence-electron chi connectivity index (χ2n) is 7.79. The molecule has 2 N–H and O–H groups in total. The number of aliphatic carboxylic acids is 1. The van der Waals surface area contributed by atoms with Crippen LogP contribution in [0.3, 0.4) is 0 Å². The SMILES string of the molecule is CCCC[C@H](NC(=O)[C@H](Cc1ccccc1)N(C)S(=O)(=O)c1ccc(OC)c(OC)c1)C(=O)O. The predicted octanol–water partition coefficient (Wildman–Crippen LogP) is 2.70. The number of nitrogens with zero attached hydrogens (tertiary/aromatic N) is 1. The number of carboxylic acids is 1. The summed E-state index contributed by atoms with van der Waals surface area (Å²) in [6, 6.07) is 10.8. The summed E-state index contributed by atoms with van der Waals surface area (Å²) in [5.41, 5.74) is 0.734. The normalized spacial score (nSPS) is 13.2. The van der Waals surface area contributed by atoms with Crippen LogP contribution in [0.1, 0.15) is 31.7 Å². The molecule has 9 nitrogen and oxygen atoms in total. The number of carbonyl (C=O) groups excluding carboxylic acids is 1. The third-order valence-electron chi connectivity index (χ3n) is 5.51. The topological polar surface area (TPSA) is 122 Å². The summed E-state index contributed by atoms with van der Waals surface area (Å²) in [5, 5.41) is 12.1. The van der Waals surface area contributed by atoms with Gasteiger partial charge < -0.3 is 19.9 Å². The molecule has 0 heterocycles. The number of benzene rings is 2. The van der Waals surface area contributed by atoms with E-state index >= 15 is 0 Å². The number of hydrogen-bond acceptors (Lipinski definition) is 6. The van der Waals surface area contributed by atoms with Crippen LogP contribution in [0.15, 0.2) is 53.4 Å². The van der Waals surface area contributed by atoms with Gasteiger partial charge in [-0.25, -0.2) is 13.2 Å². The van der Waals surface area contributed by atoms with Crippen LogP contribution in [-0.4, -0.2) is 63.1 Å². The fourth-order valence-electron chi connectivity index (χ4n) is 3.47. The van der Waals surface area contributed by atoms with Gasteiger partial charge in [-0.1, -0.05) is 50.1 Å². The van der Waals surface area contributed by atoms with E-state index in [9.17, 15) is 23.1 Å². The Morgan fingerprint density at radius 2 is 1.71 bits per heavy atom. The highest BCUT2D eigenvalue weighted by atomic mass is 32.2. The average Bonchev–Trinajstić information content (AvgIpc) is 2.84. The largest absolute Gasteiger partial charge is 0.493 e. The fraction of sp³-hybridized carbons (Fsp3) is 0.417. The van der Waals surface area contributed by atoms with Crippen LogP contribution in [0.4, 0.5) is 0 Å². The number of carbonyl (C=O) groups is 2. The highest BCUT2D eigenvalue weighted by Crippen LogP contribution is 2.31. The Balaban J connectivity index is 2.42. The first-order valence-corrected chi connectivity index (χ1v) is 12.4. The number of hydrogen-bond donors (Lipinski definition) is 2. The molecule has 34 heavy (non-hydrogen) atoms. The zero-order valence-electron chi connectivity index (χ0n) is 19.9. The standard InChI is InChI=1S/C24H32N2O7S/c1-5-6-12-19(24(28)29)25-23(27)20(15-17-10-8-7-9-11-17)26(2)34(30,31)18-13-14-21(32-3)22(16-18)33-4/h7-11,13-14,16,19-20H,5-6,12,15H2,1-4H3,(H,25,27)(H,28,29)/t19-,20-/m0/s1. The van der Waals surface area contributed by atoms with Crippen molar-refractivity contribution < 1.29 is 32.6 Å². The molecule has 2 rings (SSSR count). The highest BCUT2D eigenvalue weighted by molar-refractivity contribution is 7.89. The van der Waals surface area contributed by atoms with Gasteiger partial charge in [0, 0.05) is 13.1 Å². The molecule has 0 fully saturated rings. The number of methoxy groups -OCH3 is 2. The molecule has 0 aliphatic carbocycles. The van der Waals surface area contributed by atoms with Crippen molar-refractivity contribution in [1.29, 1.82) is 0 Å². The molecular weight excluding hydrogens is 460 g/mol. The molecule has 0 aromatic heterocycles. The number of carboxylic acid groups (broad SMARTS) is 1. The van der Waals surface area contributed by atoms with Gasteiger partial charge in [-0.05, 0) is 30.5 Å². The van der Waals surface area contributed by atoms with Crippen molar-refractivity contribution in [1.82, 2.24) is 9.62 Å². The minimum absolute atomic E-state index is 0.0653. The maximum Gasteiger partial charge on any atom is 0.326 e. The van der Waals surface area contributed by atoms with E-state index < -0.39 is 34.0 Å². The molecule has 2 aromatic carbocycles. The molecule has 0 spiro atoms. The number of unbranched alkanes of at least 4 members (excludes halogenated alkanes) is 1. The Labute approximate surface area is 200 Å². The molecule has 186 valence electrons. The third-order valence-corrected chi connectivity index (χ3v) is 7.37. The Morgan fingerprint density at radius 3 is 2.26 bits per heavy atom. The summed E-state index contributed by atoms with van der Waals surface area (Å²) in [6.45, 7) is 1.92. The lowest BCUT2D eigenvalue weighted by molar-refractivity contribution is -0.142. The van der Waals surface area contributed by atoms with E-state index in [1.165, 1.54) is 39.5 Å². The number of ether oxygens (including phenoxy) is 2. The molecule has 0 aliphatic heterocycles. The number of amides is 1. The minimum Gasteiger partial charge on any atom is -0.493 e. The van der Waals surface area contributed by atoms with Crippen molar-refractivity contribution in [3.05, 3.63) is 54.1 Å². The lowest BCUT2D eigenvalue weighted by atomic mass is 10.0.